The van der Waals surface area contributed by atoms with E-state index in [1.165, 1.54) is 24.8 Å². The van der Waals surface area contributed by atoms with Crippen molar-refractivity contribution in [1.29, 1.82) is 0 Å². The van der Waals surface area contributed by atoms with Crippen LogP contribution in [0.15, 0.2) is 30.3 Å². The Morgan fingerprint density at radius 2 is 1.90 bits per heavy atom. The van der Waals surface area contributed by atoms with Crippen LogP contribution in [-0.4, -0.2) is 25.0 Å². The fraction of sp³-hybridized carbons (Fsp3) is 0.588. The van der Waals surface area contributed by atoms with Gasteiger partial charge in [0.1, 0.15) is 0 Å². The molecule has 0 bridgehead atoms. The summed E-state index contributed by atoms with van der Waals surface area (Å²) in [5.41, 5.74) is 1.39. The van der Waals surface area contributed by atoms with Crippen LogP contribution in [0.1, 0.15) is 31.2 Å². The van der Waals surface area contributed by atoms with Gasteiger partial charge in [0.05, 0.1) is 5.92 Å². The molecule has 1 heterocycles. The number of carbonyl (C=O) groups is 1. The second-order valence-electron chi connectivity index (χ2n) is 6.20. The van der Waals surface area contributed by atoms with Gasteiger partial charge in [-0.3, -0.25) is 4.79 Å². The molecule has 3 heteroatoms. The summed E-state index contributed by atoms with van der Waals surface area (Å²) in [5, 5.41) is 6.48. The highest BCUT2D eigenvalue weighted by Crippen LogP contribution is 2.28. The lowest BCUT2D eigenvalue weighted by Crippen LogP contribution is -2.54. The maximum absolute atomic E-state index is 12.1. The van der Waals surface area contributed by atoms with Crippen molar-refractivity contribution in [3.05, 3.63) is 35.9 Å². The van der Waals surface area contributed by atoms with Gasteiger partial charge in [-0.2, -0.15) is 0 Å². The average Bonchev–Trinajstić information content (AvgIpc) is 2.40. The van der Waals surface area contributed by atoms with Crippen LogP contribution < -0.4 is 10.6 Å². The van der Waals surface area contributed by atoms with Crippen LogP contribution in [0.4, 0.5) is 0 Å². The van der Waals surface area contributed by atoms with Crippen LogP contribution in [0.3, 0.4) is 0 Å². The number of amides is 1. The molecule has 1 aliphatic heterocycles. The fourth-order valence-electron chi connectivity index (χ4n) is 3.33. The predicted molar refractivity (Wildman–Crippen MR) is 80.4 cm³/mol. The van der Waals surface area contributed by atoms with Crippen LogP contribution in [-0.2, 0) is 11.2 Å². The fourth-order valence-corrected chi connectivity index (χ4v) is 3.33. The standard InChI is InChI=1S/C17H24N2O/c20-17(15-11-18-12-15)19-16-9-5-4-8-14(16)10-13-6-2-1-3-7-13/h1-3,6-7,14-16,18H,4-5,8-12H2,(H,19,20). The topological polar surface area (TPSA) is 41.1 Å². The molecule has 2 fully saturated rings. The van der Waals surface area contributed by atoms with Crippen molar-refractivity contribution in [3.63, 3.8) is 0 Å². The highest BCUT2D eigenvalue weighted by atomic mass is 16.2. The van der Waals surface area contributed by atoms with Gasteiger partial charge in [-0.25, -0.2) is 0 Å². The van der Waals surface area contributed by atoms with Crippen molar-refractivity contribution in [2.24, 2.45) is 11.8 Å². The van der Waals surface area contributed by atoms with Crippen molar-refractivity contribution >= 4 is 5.91 Å². The first-order valence-corrected chi connectivity index (χ1v) is 7.88. The summed E-state index contributed by atoms with van der Waals surface area (Å²) in [5.74, 6) is 1.06. The van der Waals surface area contributed by atoms with Gasteiger partial charge in [-0.1, -0.05) is 43.2 Å². The molecular formula is C17H24N2O. The zero-order valence-electron chi connectivity index (χ0n) is 12.0. The summed E-state index contributed by atoms with van der Waals surface area (Å²) >= 11 is 0. The van der Waals surface area contributed by atoms with E-state index >= 15 is 0 Å². The molecule has 1 saturated carbocycles. The Kier molecular flexibility index (Phi) is 4.36. The van der Waals surface area contributed by atoms with Crippen LogP contribution >= 0.6 is 0 Å². The molecule has 2 N–H and O–H groups in total. The van der Waals surface area contributed by atoms with Crippen LogP contribution in [0.5, 0.6) is 0 Å². The van der Waals surface area contributed by atoms with Crippen LogP contribution in [0.2, 0.25) is 0 Å². The molecule has 1 aromatic carbocycles. The first-order valence-electron chi connectivity index (χ1n) is 7.88. The quantitative estimate of drug-likeness (QED) is 0.881. The minimum Gasteiger partial charge on any atom is -0.353 e. The molecule has 20 heavy (non-hydrogen) atoms. The first-order chi connectivity index (χ1) is 9.83. The normalized spacial score (nSPS) is 26.8. The number of rotatable bonds is 4. The maximum Gasteiger partial charge on any atom is 0.225 e. The Hall–Kier alpha value is -1.35. The summed E-state index contributed by atoms with van der Waals surface area (Å²) in [6.45, 7) is 1.70. The molecule has 1 amide bonds. The maximum atomic E-state index is 12.1. The molecule has 108 valence electrons. The Balaban J connectivity index is 1.60. The van der Waals surface area contributed by atoms with Gasteiger partial charge in [-0.15, -0.1) is 0 Å². The molecule has 0 radical (unpaired) electrons. The van der Waals surface area contributed by atoms with E-state index in [0.29, 0.717) is 12.0 Å². The molecule has 3 rings (SSSR count). The van der Waals surface area contributed by atoms with Crippen LogP contribution in [0, 0.1) is 11.8 Å². The van der Waals surface area contributed by atoms with E-state index in [1.54, 1.807) is 0 Å². The van der Waals surface area contributed by atoms with Gasteiger partial charge >= 0.3 is 0 Å². The van der Waals surface area contributed by atoms with E-state index in [4.69, 9.17) is 0 Å². The summed E-state index contributed by atoms with van der Waals surface area (Å²) in [4.78, 5) is 12.1. The van der Waals surface area contributed by atoms with Gasteiger partial charge in [0.15, 0.2) is 0 Å². The Morgan fingerprint density at radius 1 is 1.15 bits per heavy atom. The van der Waals surface area contributed by atoms with Gasteiger partial charge in [0.2, 0.25) is 5.91 Å². The molecule has 0 aromatic heterocycles. The third-order valence-electron chi connectivity index (χ3n) is 4.73. The van der Waals surface area contributed by atoms with Crippen molar-refractivity contribution < 1.29 is 4.79 Å². The van der Waals surface area contributed by atoms with E-state index in [2.05, 4.69) is 41.0 Å². The molecule has 2 unspecified atom stereocenters. The van der Waals surface area contributed by atoms with Crippen LogP contribution in [0.25, 0.3) is 0 Å². The monoisotopic (exact) mass is 272 g/mol. The molecule has 2 atom stereocenters. The number of carbonyl (C=O) groups excluding carboxylic acids is 1. The van der Waals surface area contributed by atoms with E-state index in [0.717, 1.165) is 25.9 Å². The minimum atomic E-state index is 0.203. The van der Waals surface area contributed by atoms with Gasteiger partial charge < -0.3 is 10.6 Å². The largest absolute Gasteiger partial charge is 0.353 e. The first kappa shape index (κ1) is 13.6. The Bertz CT molecular complexity index is 442. The average molecular weight is 272 g/mol. The lowest BCUT2D eigenvalue weighted by atomic mass is 9.80. The molecule has 1 aromatic rings. The van der Waals surface area contributed by atoms with E-state index in [-0.39, 0.29) is 11.8 Å². The molecule has 1 aliphatic carbocycles. The number of hydrogen-bond donors (Lipinski definition) is 2. The van der Waals surface area contributed by atoms with Gasteiger partial charge in [0.25, 0.3) is 0 Å². The molecule has 0 spiro atoms. The number of hydrogen-bond acceptors (Lipinski definition) is 2. The third kappa shape index (κ3) is 3.21. The predicted octanol–water partition coefficient (Wildman–Crippen LogP) is 2.12. The Labute approximate surface area is 121 Å². The lowest BCUT2D eigenvalue weighted by molar-refractivity contribution is -0.127. The SMILES string of the molecule is O=C(NC1CCCCC1Cc1ccccc1)C1CNC1. The second kappa shape index (κ2) is 6.40. The van der Waals surface area contributed by atoms with E-state index < -0.39 is 0 Å². The Morgan fingerprint density at radius 3 is 2.60 bits per heavy atom. The smallest absolute Gasteiger partial charge is 0.225 e. The summed E-state index contributed by atoms with van der Waals surface area (Å²) in [6.07, 6.45) is 6.02. The highest BCUT2D eigenvalue weighted by Gasteiger charge is 2.31. The molecule has 2 aliphatic rings. The molecule has 3 nitrogen and oxygen atoms in total. The number of benzene rings is 1. The van der Waals surface area contributed by atoms with Crippen molar-refractivity contribution in [1.82, 2.24) is 10.6 Å². The van der Waals surface area contributed by atoms with Gasteiger partial charge in [0, 0.05) is 19.1 Å². The van der Waals surface area contributed by atoms with E-state index in [9.17, 15) is 4.79 Å². The summed E-state index contributed by atoms with van der Waals surface area (Å²) in [7, 11) is 0. The highest BCUT2D eigenvalue weighted by molar-refractivity contribution is 5.80. The minimum absolute atomic E-state index is 0.203. The lowest BCUT2D eigenvalue weighted by Gasteiger charge is -2.35. The van der Waals surface area contributed by atoms with Gasteiger partial charge in [-0.05, 0) is 30.7 Å². The van der Waals surface area contributed by atoms with Crippen molar-refractivity contribution in [2.45, 2.75) is 38.1 Å². The molecule has 1 saturated heterocycles. The van der Waals surface area contributed by atoms with Crippen molar-refractivity contribution in [3.8, 4) is 0 Å². The zero-order chi connectivity index (χ0) is 13.8. The molecular weight excluding hydrogens is 248 g/mol. The number of nitrogens with one attached hydrogen (secondary N) is 2. The van der Waals surface area contributed by atoms with E-state index in [1.807, 2.05) is 0 Å². The third-order valence-corrected chi connectivity index (χ3v) is 4.73. The summed E-state index contributed by atoms with van der Waals surface area (Å²) in [6, 6.07) is 11.0. The zero-order valence-corrected chi connectivity index (χ0v) is 12.0. The van der Waals surface area contributed by atoms with Crippen molar-refractivity contribution in [2.75, 3.05) is 13.1 Å². The summed E-state index contributed by atoms with van der Waals surface area (Å²) < 4.78 is 0. The second-order valence-corrected chi connectivity index (χ2v) is 6.20.